The van der Waals surface area contributed by atoms with Crippen molar-refractivity contribution in [3.05, 3.63) is 52.5 Å². The molecule has 0 spiro atoms. The zero-order valence-electron chi connectivity index (χ0n) is 10.6. The largest absolute Gasteiger partial charge is 0.573 e. The van der Waals surface area contributed by atoms with Gasteiger partial charge in [0.15, 0.2) is 0 Å². The van der Waals surface area contributed by atoms with Crippen LogP contribution in [0.2, 0.25) is 0 Å². The van der Waals surface area contributed by atoms with E-state index in [9.17, 15) is 18.3 Å². The van der Waals surface area contributed by atoms with Gasteiger partial charge in [-0.2, -0.15) is 0 Å². The maximum atomic E-state index is 12.2. The summed E-state index contributed by atoms with van der Waals surface area (Å²) in [7, 11) is 0. The molecule has 0 bridgehead atoms. The van der Waals surface area contributed by atoms with Gasteiger partial charge < -0.3 is 15.2 Å². The van der Waals surface area contributed by atoms with E-state index in [2.05, 4.69) is 26.0 Å². The fraction of sp³-hybridized carbons (Fsp3) is 0.143. The molecule has 0 heterocycles. The molecule has 0 aliphatic heterocycles. The third-order valence-electron chi connectivity index (χ3n) is 2.56. The molecule has 0 saturated carbocycles. The molecule has 2 N–H and O–H groups in total. The van der Waals surface area contributed by atoms with Crippen LogP contribution in [0.5, 0.6) is 11.5 Å². The van der Waals surface area contributed by atoms with E-state index in [-0.39, 0.29) is 16.0 Å². The van der Waals surface area contributed by atoms with Crippen LogP contribution in [0, 0.1) is 0 Å². The Morgan fingerprint density at radius 3 is 2.52 bits per heavy atom. The summed E-state index contributed by atoms with van der Waals surface area (Å²) in [5.74, 6) is -0.154. The van der Waals surface area contributed by atoms with Gasteiger partial charge in [-0.15, -0.1) is 13.2 Å². The minimum absolute atomic E-state index is 0.134. The highest BCUT2D eigenvalue weighted by atomic mass is 79.9. The standard InChI is InChI=1S/C14H11BrF3NO2/c15-12-6-9(4-5-13(12)21-14(16,17)18)8-19-10-2-1-3-11(20)7-10/h1-7,19-20H,8H2. The number of nitrogens with one attached hydrogen (secondary N) is 1. The van der Waals surface area contributed by atoms with Crippen LogP contribution < -0.4 is 10.1 Å². The lowest BCUT2D eigenvalue weighted by Gasteiger charge is -2.12. The molecule has 0 radical (unpaired) electrons. The van der Waals surface area contributed by atoms with Crippen molar-refractivity contribution in [1.82, 2.24) is 0 Å². The molecule has 112 valence electrons. The van der Waals surface area contributed by atoms with Gasteiger partial charge in [-0.1, -0.05) is 12.1 Å². The van der Waals surface area contributed by atoms with Crippen molar-refractivity contribution < 1.29 is 23.0 Å². The van der Waals surface area contributed by atoms with Crippen LogP contribution in [0.25, 0.3) is 0 Å². The molecular weight excluding hydrogens is 351 g/mol. The number of ether oxygens (including phenoxy) is 1. The topological polar surface area (TPSA) is 41.5 Å². The third kappa shape index (κ3) is 4.86. The number of phenols is 1. The van der Waals surface area contributed by atoms with Crippen molar-refractivity contribution in [2.75, 3.05) is 5.32 Å². The highest BCUT2D eigenvalue weighted by molar-refractivity contribution is 9.10. The molecule has 0 fully saturated rings. The summed E-state index contributed by atoms with van der Waals surface area (Å²) in [5, 5.41) is 12.4. The van der Waals surface area contributed by atoms with Crippen LogP contribution in [0.4, 0.5) is 18.9 Å². The summed E-state index contributed by atoms with van der Waals surface area (Å²) in [5.41, 5.74) is 1.47. The zero-order chi connectivity index (χ0) is 15.5. The molecule has 7 heteroatoms. The van der Waals surface area contributed by atoms with Gasteiger partial charge in [-0.25, -0.2) is 0 Å². The normalized spacial score (nSPS) is 11.2. The maximum absolute atomic E-state index is 12.2. The molecule has 2 aromatic carbocycles. The third-order valence-corrected chi connectivity index (χ3v) is 3.18. The summed E-state index contributed by atoms with van der Waals surface area (Å²) >= 11 is 3.04. The van der Waals surface area contributed by atoms with Crippen LogP contribution in [-0.4, -0.2) is 11.5 Å². The molecule has 0 aliphatic rings. The molecule has 2 aromatic rings. The van der Waals surface area contributed by atoms with Gasteiger partial charge in [0.25, 0.3) is 0 Å². The SMILES string of the molecule is Oc1cccc(NCc2ccc(OC(F)(F)F)c(Br)c2)c1. The number of alkyl halides is 3. The number of phenolic OH excluding ortho intramolecular Hbond substituents is 1. The van der Waals surface area contributed by atoms with Gasteiger partial charge in [-0.3, -0.25) is 0 Å². The molecule has 21 heavy (non-hydrogen) atoms. The lowest BCUT2D eigenvalue weighted by atomic mass is 10.2. The van der Waals surface area contributed by atoms with Crippen LogP contribution in [0.1, 0.15) is 5.56 Å². The first-order chi connectivity index (χ1) is 9.83. The lowest BCUT2D eigenvalue weighted by Crippen LogP contribution is -2.17. The van der Waals surface area contributed by atoms with E-state index in [1.807, 2.05) is 0 Å². The summed E-state index contributed by atoms with van der Waals surface area (Å²) in [6.07, 6.45) is -4.72. The minimum Gasteiger partial charge on any atom is -0.508 e. The Hall–Kier alpha value is -1.89. The van der Waals surface area contributed by atoms with Crippen molar-refractivity contribution in [1.29, 1.82) is 0 Å². The average Bonchev–Trinajstić information content (AvgIpc) is 2.38. The molecule has 0 unspecified atom stereocenters. The van der Waals surface area contributed by atoms with Gasteiger partial charge in [0.1, 0.15) is 11.5 Å². The van der Waals surface area contributed by atoms with E-state index >= 15 is 0 Å². The first-order valence-electron chi connectivity index (χ1n) is 5.90. The summed E-state index contributed by atoms with van der Waals surface area (Å²) in [4.78, 5) is 0. The molecule has 0 atom stereocenters. The van der Waals surface area contributed by atoms with Crippen molar-refractivity contribution in [2.45, 2.75) is 12.9 Å². The predicted molar refractivity (Wildman–Crippen MR) is 76.3 cm³/mol. The number of hydrogen-bond donors (Lipinski definition) is 2. The molecule has 0 aromatic heterocycles. The van der Waals surface area contributed by atoms with E-state index in [4.69, 9.17) is 0 Å². The molecule has 0 saturated heterocycles. The summed E-state index contributed by atoms with van der Waals surface area (Å²) in [6, 6.07) is 10.9. The fourth-order valence-corrected chi connectivity index (χ4v) is 2.19. The second kappa shape index (κ2) is 6.26. The Bertz CT molecular complexity index is 632. The molecule has 3 nitrogen and oxygen atoms in total. The lowest BCUT2D eigenvalue weighted by molar-refractivity contribution is -0.274. The Morgan fingerprint density at radius 2 is 1.90 bits per heavy atom. The quantitative estimate of drug-likeness (QED) is 0.831. The second-order valence-electron chi connectivity index (χ2n) is 4.22. The van der Waals surface area contributed by atoms with Crippen LogP contribution in [0.15, 0.2) is 46.9 Å². The summed E-state index contributed by atoms with van der Waals surface area (Å²) in [6.45, 7) is 0.397. The zero-order valence-corrected chi connectivity index (χ0v) is 12.2. The monoisotopic (exact) mass is 361 g/mol. The maximum Gasteiger partial charge on any atom is 0.573 e. The molecule has 0 amide bonds. The van der Waals surface area contributed by atoms with Crippen LogP contribution in [-0.2, 0) is 6.54 Å². The highest BCUT2D eigenvalue weighted by Gasteiger charge is 2.31. The second-order valence-corrected chi connectivity index (χ2v) is 5.07. The predicted octanol–water partition coefficient (Wildman–Crippen LogP) is 4.67. The van der Waals surface area contributed by atoms with Gasteiger partial charge in [0.05, 0.1) is 4.47 Å². The van der Waals surface area contributed by atoms with Gasteiger partial charge >= 0.3 is 6.36 Å². The average molecular weight is 362 g/mol. The fourth-order valence-electron chi connectivity index (χ4n) is 1.68. The van der Waals surface area contributed by atoms with E-state index < -0.39 is 6.36 Å². The van der Waals surface area contributed by atoms with Gasteiger partial charge in [0, 0.05) is 18.3 Å². The number of halogens is 4. The number of hydrogen-bond acceptors (Lipinski definition) is 3. The Morgan fingerprint density at radius 1 is 1.14 bits per heavy atom. The van der Waals surface area contributed by atoms with Crippen molar-refractivity contribution in [2.24, 2.45) is 0 Å². The Kier molecular flexibility index (Phi) is 4.62. The number of anilines is 1. The van der Waals surface area contributed by atoms with Crippen molar-refractivity contribution in [3.8, 4) is 11.5 Å². The minimum atomic E-state index is -4.72. The Balaban J connectivity index is 2.03. The molecule has 2 rings (SSSR count). The van der Waals surface area contributed by atoms with Crippen LogP contribution >= 0.6 is 15.9 Å². The van der Waals surface area contributed by atoms with Crippen molar-refractivity contribution in [3.63, 3.8) is 0 Å². The van der Waals surface area contributed by atoms with Gasteiger partial charge in [0.2, 0.25) is 0 Å². The van der Waals surface area contributed by atoms with E-state index in [0.29, 0.717) is 12.2 Å². The smallest absolute Gasteiger partial charge is 0.508 e. The van der Waals surface area contributed by atoms with Gasteiger partial charge in [-0.05, 0) is 45.8 Å². The first-order valence-corrected chi connectivity index (χ1v) is 6.70. The summed E-state index contributed by atoms with van der Waals surface area (Å²) < 4.78 is 40.5. The van der Waals surface area contributed by atoms with Crippen LogP contribution in [0.3, 0.4) is 0 Å². The number of rotatable bonds is 4. The first kappa shape index (κ1) is 15.5. The number of benzene rings is 2. The molecule has 0 aliphatic carbocycles. The van der Waals surface area contributed by atoms with E-state index in [1.165, 1.54) is 18.2 Å². The van der Waals surface area contributed by atoms with E-state index in [1.54, 1.807) is 24.3 Å². The van der Waals surface area contributed by atoms with Crippen molar-refractivity contribution >= 4 is 21.6 Å². The van der Waals surface area contributed by atoms with E-state index in [0.717, 1.165) is 5.56 Å². The number of aromatic hydroxyl groups is 1. The molecular formula is C14H11BrF3NO2. The Labute approximate surface area is 127 Å². The highest BCUT2D eigenvalue weighted by Crippen LogP contribution is 2.31.